The third-order valence-corrected chi connectivity index (χ3v) is 1.13. The summed E-state index contributed by atoms with van der Waals surface area (Å²) in [5.41, 5.74) is 6.51. The van der Waals surface area contributed by atoms with Crippen LogP contribution in [0.1, 0.15) is 6.42 Å². The molecule has 0 rings (SSSR count). The number of nitrogens with one attached hydrogen (secondary N) is 1. The Balaban J connectivity index is 4.25. The lowest BCUT2D eigenvalue weighted by atomic mass is 10.4. The molecule has 0 aromatic carbocycles. The van der Waals surface area contributed by atoms with Gasteiger partial charge in [0.15, 0.2) is 5.03 Å². The van der Waals surface area contributed by atoms with Crippen molar-refractivity contribution >= 4 is 11.9 Å². The molecule has 5 N–H and O–H groups in total. The number of hydrazine groups is 1. The molecule has 0 atom stereocenters. The van der Waals surface area contributed by atoms with E-state index in [4.69, 9.17) is 16.0 Å². The Bertz CT molecular complexity index is 253. The van der Waals surface area contributed by atoms with Gasteiger partial charge in [0, 0.05) is 0 Å². The van der Waals surface area contributed by atoms with Crippen molar-refractivity contribution in [2.45, 2.75) is 6.42 Å². The van der Waals surface area contributed by atoms with Gasteiger partial charge >= 0.3 is 5.97 Å². The summed E-state index contributed by atoms with van der Waals surface area (Å²) in [6.07, 6.45) is -0.360. The largest absolute Gasteiger partial charge is 0.481 e. The van der Waals surface area contributed by atoms with E-state index >= 15 is 0 Å². The molecule has 0 aliphatic carbocycles. The standard InChI is InChI=1S/C4H9N5O5/c5-4(6-9(13)14)8(7-12)2-1-3(10)11/h7,12H,1-2H2,(H2,5,6)(H,10,11). The second-order valence-corrected chi connectivity index (χ2v) is 2.09. The Morgan fingerprint density at radius 3 is 2.64 bits per heavy atom. The molecule has 0 heterocycles. The molecule has 0 saturated heterocycles. The Labute approximate surface area is 77.7 Å². The normalized spacial score (nSPS) is 11.1. The lowest BCUT2D eigenvalue weighted by Crippen LogP contribution is -2.46. The molecule has 0 amide bonds. The van der Waals surface area contributed by atoms with Crippen LogP contribution in [0.3, 0.4) is 0 Å². The molecule has 80 valence electrons. The molecule has 10 heteroatoms. The Hall–Kier alpha value is -1.94. The smallest absolute Gasteiger partial charge is 0.305 e. The van der Waals surface area contributed by atoms with Crippen molar-refractivity contribution in [3.63, 3.8) is 0 Å². The average molecular weight is 207 g/mol. The van der Waals surface area contributed by atoms with Crippen LogP contribution >= 0.6 is 0 Å². The minimum Gasteiger partial charge on any atom is -0.481 e. The summed E-state index contributed by atoms with van der Waals surface area (Å²) in [6, 6.07) is 0. The zero-order chi connectivity index (χ0) is 11.1. The van der Waals surface area contributed by atoms with E-state index in [1.807, 2.05) is 0 Å². The molecule has 0 fully saturated rings. The Kier molecular flexibility index (Phi) is 4.88. The number of nitro groups is 1. The first-order chi connectivity index (χ1) is 6.47. The highest BCUT2D eigenvalue weighted by Crippen LogP contribution is 1.87. The zero-order valence-electron chi connectivity index (χ0n) is 6.95. The number of aliphatic carboxylic acids is 1. The molecule has 0 unspecified atom stereocenters. The fraction of sp³-hybridized carbons (Fsp3) is 0.500. The van der Waals surface area contributed by atoms with Crippen LogP contribution in [0.2, 0.25) is 0 Å². The van der Waals surface area contributed by atoms with Gasteiger partial charge in [-0.25, -0.2) is 15.1 Å². The van der Waals surface area contributed by atoms with E-state index in [9.17, 15) is 14.9 Å². The number of nitrogens with two attached hydrogens (primary N) is 1. The van der Waals surface area contributed by atoms with E-state index in [0.717, 1.165) is 0 Å². The zero-order valence-corrected chi connectivity index (χ0v) is 6.95. The molecular formula is C4H9N5O5. The predicted molar refractivity (Wildman–Crippen MR) is 42.5 cm³/mol. The summed E-state index contributed by atoms with van der Waals surface area (Å²) >= 11 is 0. The first-order valence-corrected chi connectivity index (χ1v) is 3.35. The molecule has 0 radical (unpaired) electrons. The second kappa shape index (κ2) is 5.66. The maximum atomic E-state index is 10.1. The maximum Gasteiger partial charge on any atom is 0.305 e. The van der Waals surface area contributed by atoms with E-state index in [0.29, 0.717) is 5.01 Å². The van der Waals surface area contributed by atoms with Gasteiger partial charge in [0.05, 0.1) is 13.0 Å². The molecule has 0 aromatic heterocycles. The Morgan fingerprint density at radius 2 is 2.29 bits per heavy atom. The monoisotopic (exact) mass is 207 g/mol. The van der Waals surface area contributed by atoms with E-state index in [-0.39, 0.29) is 13.0 Å². The lowest BCUT2D eigenvalue weighted by Gasteiger charge is -2.16. The van der Waals surface area contributed by atoms with Crippen molar-refractivity contribution in [1.82, 2.24) is 10.6 Å². The van der Waals surface area contributed by atoms with E-state index < -0.39 is 17.0 Å². The van der Waals surface area contributed by atoms with Crippen molar-refractivity contribution in [3.8, 4) is 0 Å². The minimum atomic E-state index is -1.14. The molecular weight excluding hydrogens is 198 g/mol. The molecule has 14 heavy (non-hydrogen) atoms. The van der Waals surface area contributed by atoms with Gasteiger partial charge in [-0.15, -0.1) is 5.59 Å². The second-order valence-electron chi connectivity index (χ2n) is 2.09. The van der Waals surface area contributed by atoms with Crippen LogP contribution in [-0.2, 0) is 4.79 Å². The Morgan fingerprint density at radius 1 is 1.71 bits per heavy atom. The highest BCUT2D eigenvalue weighted by atomic mass is 16.7. The summed E-state index contributed by atoms with van der Waals surface area (Å²) in [4.78, 5) is 20.0. The van der Waals surface area contributed by atoms with E-state index in [2.05, 4.69) is 5.10 Å². The van der Waals surface area contributed by atoms with Gasteiger partial charge in [-0.2, -0.15) is 0 Å². The average Bonchev–Trinajstić information content (AvgIpc) is 2.03. The van der Waals surface area contributed by atoms with Crippen molar-refractivity contribution in [2.24, 2.45) is 10.8 Å². The molecule has 0 saturated carbocycles. The van der Waals surface area contributed by atoms with Crippen LogP contribution < -0.4 is 11.3 Å². The molecule has 10 nitrogen and oxygen atoms in total. The number of rotatable bonds is 5. The molecule has 0 aliphatic heterocycles. The third kappa shape index (κ3) is 4.84. The number of guanidine groups is 1. The van der Waals surface area contributed by atoms with Crippen LogP contribution in [0.15, 0.2) is 5.10 Å². The number of carbonyl (C=O) groups is 1. The first-order valence-electron chi connectivity index (χ1n) is 3.35. The van der Waals surface area contributed by atoms with Crippen molar-refractivity contribution in [2.75, 3.05) is 6.54 Å². The molecule has 0 aromatic rings. The fourth-order valence-electron chi connectivity index (χ4n) is 0.561. The van der Waals surface area contributed by atoms with Crippen molar-refractivity contribution in [3.05, 3.63) is 10.1 Å². The van der Waals surface area contributed by atoms with Gasteiger partial charge in [-0.05, 0) is 0 Å². The molecule has 0 aliphatic rings. The van der Waals surface area contributed by atoms with E-state index in [1.54, 1.807) is 0 Å². The summed E-state index contributed by atoms with van der Waals surface area (Å²) < 4.78 is 0. The minimum absolute atomic E-state index is 0.255. The summed E-state index contributed by atoms with van der Waals surface area (Å²) in [7, 11) is 0. The maximum absolute atomic E-state index is 10.1. The van der Waals surface area contributed by atoms with Gasteiger partial charge in [0.25, 0.3) is 5.96 Å². The fourth-order valence-corrected chi connectivity index (χ4v) is 0.561. The first kappa shape index (κ1) is 12.1. The third-order valence-electron chi connectivity index (χ3n) is 1.13. The number of carboxylic acid groups (broad SMARTS) is 1. The highest BCUT2D eigenvalue weighted by Gasteiger charge is 2.11. The number of nitrogens with zero attached hydrogens (tertiary/aromatic N) is 3. The van der Waals surface area contributed by atoms with Crippen LogP contribution in [0.25, 0.3) is 0 Å². The highest BCUT2D eigenvalue weighted by molar-refractivity contribution is 5.77. The van der Waals surface area contributed by atoms with Gasteiger partial charge in [0.2, 0.25) is 0 Å². The number of hydrogen-bond donors (Lipinski definition) is 4. The van der Waals surface area contributed by atoms with Gasteiger partial charge < -0.3 is 10.8 Å². The summed E-state index contributed by atoms with van der Waals surface area (Å²) in [5, 5.41) is 28.8. The lowest BCUT2D eigenvalue weighted by molar-refractivity contribution is -0.486. The molecule has 0 spiro atoms. The SMILES string of the molecule is NC(=N[N+](=O)[O-])N(CCC(=O)O)NO. The predicted octanol–water partition coefficient (Wildman–Crippen LogP) is -1.84. The quantitative estimate of drug-likeness (QED) is 0.177. The van der Waals surface area contributed by atoms with Gasteiger partial charge in [-0.1, -0.05) is 0 Å². The van der Waals surface area contributed by atoms with Crippen LogP contribution in [0.4, 0.5) is 0 Å². The number of carboxylic acids is 1. The summed E-state index contributed by atoms with van der Waals surface area (Å²) in [5.74, 6) is -1.78. The van der Waals surface area contributed by atoms with Gasteiger partial charge in [-0.3, -0.25) is 10.0 Å². The van der Waals surface area contributed by atoms with Crippen molar-refractivity contribution < 1.29 is 20.1 Å². The van der Waals surface area contributed by atoms with Gasteiger partial charge in [0.1, 0.15) is 5.10 Å². The summed E-state index contributed by atoms with van der Waals surface area (Å²) in [6.45, 7) is -0.255. The van der Waals surface area contributed by atoms with Crippen LogP contribution in [0, 0.1) is 10.1 Å². The van der Waals surface area contributed by atoms with E-state index in [1.165, 1.54) is 5.59 Å². The number of hydrazone groups is 1. The topological polar surface area (TPSA) is 154 Å². The van der Waals surface area contributed by atoms with Crippen molar-refractivity contribution in [1.29, 1.82) is 0 Å². The van der Waals surface area contributed by atoms with Crippen LogP contribution in [-0.4, -0.2) is 38.8 Å². The molecule has 0 bridgehead atoms. The van der Waals surface area contributed by atoms with Crippen LogP contribution in [0.5, 0.6) is 0 Å². The number of hydrogen-bond acceptors (Lipinski definition) is 5.